The molecule has 0 saturated heterocycles. The number of fused-ring (bicyclic) bond motifs is 1. The second-order valence-corrected chi connectivity index (χ2v) is 8.43. The molecule has 1 heterocycles. The number of esters is 1. The lowest BCUT2D eigenvalue weighted by molar-refractivity contribution is -0.394. The van der Waals surface area contributed by atoms with Crippen molar-refractivity contribution in [3.05, 3.63) is 55.4 Å². The van der Waals surface area contributed by atoms with Gasteiger partial charge in [0.1, 0.15) is 17.5 Å². The maximum atomic E-state index is 13.1. The smallest absolute Gasteiger partial charge is 0.340 e. The quantitative estimate of drug-likeness (QED) is 0.417. The lowest BCUT2D eigenvalue weighted by atomic mass is 9.63. The molecule has 3 rings (SSSR count). The molecule has 0 aromatic heterocycles. The van der Waals surface area contributed by atoms with Gasteiger partial charge in [-0.1, -0.05) is 13.8 Å². The number of benzene rings is 1. The highest BCUT2D eigenvalue weighted by Gasteiger charge is 2.53. The van der Waals surface area contributed by atoms with E-state index in [0.717, 1.165) is 12.1 Å². The number of nitrogens with zero attached hydrogens (tertiary/aromatic N) is 2. The molecule has 11 nitrogen and oxygen atoms in total. The standard InChI is InChI=1S/C20H23N3O8/c1-4-30-19(25)17-15(11-6-5-10(22(26)27)7-12(11)23(28)29)16-13(24)8-20(2,3)9-14(16)31-18(17)21/h5-7,14-16H,4,8-9,21H2,1-3H3/t14-,15-,16-/m0/s1. The molecule has 2 N–H and O–H groups in total. The van der Waals surface area contributed by atoms with Crippen LogP contribution >= 0.6 is 0 Å². The Morgan fingerprint density at radius 2 is 1.97 bits per heavy atom. The van der Waals surface area contributed by atoms with E-state index in [1.54, 1.807) is 6.92 Å². The van der Waals surface area contributed by atoms with Gasteiger partial charge in [-0.15, -0.1) is 0 Å². The SMILES string of the molecule is CCOC(=O)C1=C(N)O[C@H]2CC(C)(C)CC(=O)[C@@H]2[C@@H]1c1ccc([N+](=O)[O-])cc1[N+](=O)[O-]. The number of rotatable bonds is 5. The van der Waals surface area contributed by atoms with Crippen LogP contribution in [0.5, 0.6) is 0 Å². The van der Waals surface area contributed by atoms with Crippen molar-refractivity contribution in [3.63, 3.8) is 0 Å². The van der Waals surface area contributed by atoms with Gasteiger partial charge in [-0.05, 0) is 24.8 Å². The molecule has 0 amide bonds. The summed E-state index contributed by atoms with van der Waals surface area (Å²) >= 11 is 0. The van der Waals surface area contributed by atoms with Crippen LogP contribution in [0.25, 0.3) is 0 Å². The van der Waals surface area contributed by atoms with E-state index in [9.17, 15) is 29.8 Å². The second kappa shape index (κ2) is 7.97. The fourth-order valence-electron chi connectivity index (χ4n) is 4.47. The molecule has 3 atom stereocenters. The Morgan fingerprint density at radius 1 is 1.29 bits per heavy atom. The third-order valence-electron chi connectivity index (χ3n) is 5.64. The molecule has 1 aromatic rings. The van der Waals surface area contributed by atoms with Gasteiger partial charge in [0.15, 0.2) is 5.88 Å². The van der Waals surface area contributed by atoms with Crippen LogP contribution in [0.2, 0.25) is 0 Å². The maximum Gasteiger partial charge on any atom is 0.340 e. The summed E-state index contributed by atoms with van der Waals surface area (Å²) in [6.45, 7) is 5.39. The van der Waals surface area contributed by atoms with Crippen molar-refractivity contribution in [1.29, 1.82) is 0 Å². The highest BCUT2D eigenvalue weighted by Crippen LogP contribution is 2.51. The molecular weight excluding hydrogens is 410 g/mol. The van der Waals surface area contributed by atoms with Gasteiger partial charge in [0.2, 0.25) is 0 Å². The summed E-state index contributed by atoms with van der Waals surface area (Å²) in [5.74, 6) is -3.38. The average Bonchev–Trinajstić information content (AvgIpc) is 2.65. The van der Waals surface area contributed by atoms with E-state index in [4.69, 9.17) is 15.2 Å². The molecule has 0 unspecified atom stereocenters. The summed E-state index contributed by atoms with van der Waals surface area (Å²) in [6.07, 6.45) is -0.0725. The van der Waals surface area contributed by atoms with Crippen LogP contribution in [0.4, 0.5) is 11.4 Å². The topological polar surface area (TPSA) is 165 Å². The number of ketones is 1. The minimum Gasteiger partial charge on any atom is -0.475 e. The molecule has 0 spiro atoms. The largest absolute Gasteiger partial charge is 0.475 e. The van der Waals surface area contributed by atoms with Crippen molar-refractivity contribution in [2.45, 2.75) is 45.6 Å². The fraction of sp³-hybridized carbons (Fsp3) is 0.500. The highest BCUT2D eigenvalue weighted by molar-refractivity contribution is 5.95. The Hall–Kier alpha value is -3.50. The van der Waals surface area contributed by atoms with Gasteiger partial charge in [-0.3, -0.25) is 25.0 Å². The molecule has 1 aromatic carbocycles. The van der Waals surface area contributed by atoms with E-state index in [2.05, 4.69) is 0 Å². The number of carbonyl (C=O) groups is 2. The van der Waals surface area contributed by atoms with Crippen molar-refractivity contribution >= 4 is 23.1 Å². The Morgan fingerprint density at radius 3 is 2.55 bits per heavy atom. The molecule has 166 valence electrons. The van der Waals surface area contributed by atoms with E-state index in [-0.39, 0.29) is 41.2 Å². The summed E-state index contributed by atoms with van der Waals surface area (Å²) in [6, 6.07) is 3.11. The van der Waals surface area contributed by atoms with Crippen LogP contribution in [-0.2, 0) is 19.1 Å². The number of Topliss-reactive ketones (excluding diaryl/α,β-unsaturated/α-hetero) is 1. The van der Waals surface area contributed by atoms with Crippen LogP contribution in [-0.4, -0.2) is 34.3 Å². The van der Waals surface area contributed by atoms with Crippen molar-refractivity contribution in [2.24, 2.45) is 17.1 Å². The number of hydrogen-bond donors (Lipinski definition) is 1. The Bertz CT molecular complexity index is 1000. The number of carbonyl (C=O) groups excluding carboxylic acids is 2. The van der Waals surface area contributed by atoms with Crippen molar-refractivity contribution in [1.82, 2.24) is 0 Å². The third-order valence-corrected chi connectivity index (χ3v) is 5.64. The van der Waals surface area contributed by atoms with Gasteiger partial charge < -0.3 is 15.2 Å². The Kier molecular flexibility index (Phi) is 5.70. The van der Waals surface area contributed by atoms with E-state index in [0.29, 0.717) is 6.42 Å². The number of ether oxygens (including phenoxy) is 2. The van der Waals surface area contributed by atoms with Crippen LogP contribution in [0.1, 0.15) is 45.1 Å². The molecule has 1 saturated carbocycles. The summed E-state index contributed by atoms with van der Waals surface area (Å²) < 4.78 is 10.8. The van der Waals surface area contributed by atoms with Gasteiger partial charge in [0, 0.05) is 24.0 Å². The molecule has 0 bridgehead atoms. The third kappa shape index (κ3) is 4.07. The van der Waals surface area contributed by atoms with Crippen molar-refractivity contribution in [2.75, 3.05) is 6.61 Å². The molecule has 0 radical (unpaired) electrons. The number of nitrogens with two attached hydrogens (primary N) is 1. The molecule has 11 heteroatoms. The van der Waals surface area contributed by atoms with Crippen LogP contribution in [0, 0.1) is 31.6 Å². The zero-order valence-corrected chi connectivity index (χ0v) is 17.3. The first-order chi connectivity index (χ1) is 14.5. The first kappa shape index (κ1) is 22.2. The van der Waals surface area contributed by atoms with E-state index in [1.807, 2.05) is 13.8 Å². The Balaban J connectivity index is 2.25. The molecule has 1 fully saturated rings. The monoisotopic (exact) mass is 433 g/mol. The van der Waals surface area contributed by atoms with Crippen molar-refractivity contribution in [3.8, 4) is 0 Å². The summed E-state index contributed by atoms with van der Waals surface area (Å²) in [7, 11) is 0. The van der Waals surface area contributed by atoms with Crippen LogP contribution in [0.15, 0.2) is 29.7 Å². The van der Waals surface area contributed by atoms with Gasteiger partial charge >= 0.3 is 5.97 Å². The number of nitro groups is 2. The summed E-state index contributed by atoms with van der Waals surface area (Å²) in [4.78, 5) is 47.2. The minimum atomic E-state index is -1.12. The zero-order valence-electron chi connectivity index (χ0n) is 17.3. The summed E-state index contributed by atoms with van der Waals surface area (Å²) in [5, 5.41) is 22.9. The van der Waals surface area contributed by atoms with Gasteiger partial charge in [-0.2, -0.15) is 0 Å². The maximum absolute atomic E-state index is 13.1. The summed E-state index contributed by atoms with van der Waals surface area (Å²) in [5.41, 5.74) is 4.40. The molecule has 2 aliphatic rings. The van der Waals surface area contributed by atoms with Gasteiger partial charge in [0.25, 0.3) is 11.4 Å². The van der Waals surface area contributed by atoms with E-state index in [1.165, 1.54) is 6.07 Å². The predicted octanol–water partition coefficient (Wildman–Crippen LogP) is 2.72. The first-order valence-electron chi connectivity index (χ1n) is 9.75. The fourth-order valence-corrected chi connectivity index (χ4v) is 4.47. The highest BCUT2D eigenvalue weighted by atomic mass is 16.6. The van der Waals surface area contributed by atoms with E-state index < -0.39 is 45.1 Å². The van der Waals surface area contributed by atoms with Crippen LogP contribution in [0.3, 0.4) is 0 Å². The first-order valence-corrected chi connectivity index (χ1v) is 9.75. The van der Waals surface area contributed by atoms with Gasteiger partial charge in [-0.25, -0.2) is 4.79 Å². The second-order valence-electron chi connectivity index (χ2n) is 8.43. The minimum absolute atomic E-state index is 0.0137. The normalized spacial score (nSPS) is 24.7. The Labute approximate surface area is 177 Å². The number of non-ortho nitro benzene ring substituents is 1. The average molecular weight is 433 g/mol. The molecular formula is C20H23N3O8. The number of hydrogen-bond acceptors (Lipinski definition) is 9. The molecule has 1 aliphatic heterocycles. The molecule has 31 heavy (non-hydrogen) atoms. The molecule has 1 aliphatic carbocycles. The lowest BCUT2D eigenvalue weighted by Crippen LogP contribution is -2.49. The van der Waals surface area contributed by atoms with E-state index >= 15 is 0 Å². The number of nitro benzene ring substituents is 2. The lowest BCUT2D eigenvalue weighted by Gasteiger charge is -2.45. The van der Waals surface area contributed by atoms with Crippen molar-refractivity contribution < 1.29 is 28.9 Å². The predicted molar refractivity (Wildman–Crippen MR) is 107 cm³/mol. The van der Waals surface area contributed by atoms with Crippen LogP contribution < -0.4 is 5.73 Å². The zero-order chi connectivity index (χ0) is 23.1. The van der Waals surface area contributed by atoms with Gasteiger partial charge in [0.05, 0.1) is 28.4 Å².